The third-order valence-electron chi connectivity index (χ3n) is 6.18. The molecule has 0 aliphatic carbocycles. The maximum atomic E-state index is 13.6. The first-order valence-corrected chi connectivity index (χ1v) is 10.2. The second kappa shape index (κ2) is 6.63. The summed E-state index contributed by atoms with van der Waals surface area (Å²) in [7, 11) is 3.67. The Bertz CT molecular complexity index is 1310. The van der Waals surface area contributed by atoms with Crippen molar-refractivity contribution in [1.82, 2.24) is 14.5 Å². The van der Waals surface area contributed by atoms with Gasteiger partial charge in [0.05, 0.1) is 29.0 Å². The van der Waals surface area contributed by atoms with E-state index in [2.05, 4.69) is 0 Å². The molecule has 2 atom stereocenters. The third-order valence-corrected chi connectivity index (χ3v) is 6.18. The highest BCUT2D eigenvalue weighted by atomic mass is 16.6. The van der Waals surface area contributed by atoms with Crippen molar-refractivity contribution in [3.05, 3.63) is 57.4 Å². The van der Waals surface area contributed by atoms with E-state index in [1.54, 1.807) is 35.8 Å². The van der Waals surface area contributed by atoms with Gasteiger partial charge in [0.15, 0.2) is 5.60 Å². The summed E-state index contributed by atoms with van der Waals surface area (Å²) >= 11 is 0. The zero-order chi connectivity index (χ0) is 22.1. The van der Waals surface area contributed by atoms with Gasteiger partial charge in [-0.05, 0) is 50.8 Å². The first-order chi connectivity index (χ1) is 14.7. The first-order valence-electron chi connectivity index (χ1n) is 10.2. The number of ether oxygens (including phenoxy) is 1. The van der Waals surface area contributed by atoms with E-state index in [1.807, 2.05) is 25.1 Å². The lowest BCUT2D eigenvalue weighted by Gasteiger charge is -2.37. The van der Waals surface area contributed by atoms with Crippen LogP contribution in [0, 0.1) is 0 Å². The number of likely N-dealkylation sites (N-methyl/N-ethyl adjacent to an activating group) is 1. The van der Waals surface area contributed by atoms with Gasteiger partial charge in [-0.2, -0.15) is 0 Å². The molecule has 0 bridgehead atoms. The first kappa shape index (κ1) is 19.7. The SMILES string of the molecule is CCC1(O)C(=O)OC(CN(C)C)c2c1cc1n(c2=O)Cc2cc3cc(O)ccc3nc2-1. The van der Waals surface area contributed by atoms with Gasteiger partial charge in [-0.15, -0.1) is 0 Å². The van der Waals surface area contributed by atoms with Crippen LogP contribution < -0.4 is 5.56 Å². The number of fused-ring (bicyclic) bond motifs is 5. The van der Waals surface area contributed by atoms with E-state index in [9.17, 15) is 19.8 Å². The molecule has 160 valence electrons. The fourth-order valence-corrected chi connectivity index (χ4v) is 4.58. The number of esters is 1. The van der Waals surface area contributed by atoms with E-state index in [0.29, 0.717) is 41.1 Å². The number of rotatable bonds is 3. The summed E-state index contributed by atoms with van der Waals surface area (Å²) in [5.74, 6) is -0.591. The van der Waals surface area contributed by atoms with Crippen LogP contribution in [0.2, 0.25) is 0 Å². The van der Waals surface area contributed by atoms with Gasteiger partial charge in [0.25, 0.3) is 5.56 Å². The number of nitrogens with zero attached hydrogens (tertiary/aromatic N) is 3. The normalized spacial score (nSPS) is 21.7. The number of benzene rings is 1. The second-order valence-corrected chi connectivity index (χ2v) is 8.49. The molecule has 4 heterocycles. The summed E-state index contributed by atoms with van der Waals surface area (Å²) in [6.07, 6.45) is -0.671. The van der Waals surface area contributed by atoms with Gasteiger partial charge in [0, 0.05) is 23.1 Å². The lowest BCUT2D eigenvalue weighted by atomic mass is 9.83. The van der Waals surface area contributed by atoms with E-state index in [0.717, 1.165) is 10.9 Å². The number of phenolic OH excluding ortho intramolecular Hbond substituents is 1. The van der Waals surface area contributed by atoms with E-state index >= 15 is 0 Å². The molecule has 0 saturated heterocycles. The highest BCUT2D eigenvalue weighted by Gasteiger charge is 2.48. The fraction of sp³-hybridized carbons (Fsp3) is 0.348. The van der Waals surface area contributed by atoms with Crippen LogP contribution in [0.25, 0.3) is 22.3 Å². The van der Waals surface area contributed by atoms with Crippen LogP contribution in [0.5, 0.6) is 5.75 Å². The number of aromatic nitrogens is 2. The molecule has 8 heteroatoms. The number of aromatic hydroxyl groups is 1. The van der Waals surface area contributed by atoms with Crippen molar-refractivity contribution in [2.45, 2.75) is 31.6 Å². The molecule has 3 aromatic rings. The molecule has 5 rings (SSSR count). The molecule has 0 spiro atoms. The number of carbonyl (C=O) groups excluding carboxylic acids is 1. The minimum atomic E-state index is -1.88. The second-order valence-electron chi connectivity index (χ2n) is 8.49. The Morgan fingerprint density at radius 1 is 1.26 bits per heavy atom. The van der Waals surface area contributed by atoms with E-state index < -0.39 is 17.7 Å². The van der Waals surface area contributed by atoms with Crippen LogP contribution >= 0.6 is 0 Å². The molecular formula is C23H23N3O5. The molecule has 0 fully saturated rings. The van der Waals surface area contributed by atoms with Gasteiger partial charge in [0.1, 0.15) is 11.9 Å². The number of aliphatic hydroxyl groups is 1. The monoisotopic (exact) mass is 421 g/mol. The van der Waals surface area contributed by atoms with Crippen molar-refractivity contribution in [3.8, 4) is 17.1 Å². The van der Waals surface area contributed by atoms with Crippen molar-refractivity contribution in [2.75, 3.05) is 20.6 Å². The Morgan fingerprint density at radius 3 is 2.74 bits per heavy atom. The predicted octanol–water partition coefficient (Wildman–Crippen LogP) is 1.89. The molecule has 31 heavy (non-hydrogen) atoms. The third kappa shape index (κ3) is 2.79. The molecule has 2 aliphatic rings. The number of phenols is 1. The molecule has 2 aliphatic heterocycles. The fourth-order valence-electron chi connectivity index (χ4n) is 4.58. The Hall–Kier alpha value is -3.23. The van der Waals surface area contributed by atoms with Crippen LogP contribution in [0.4, 0.5) is 0 Å². The van der Waals surface area contributed by atoms with Crippen LogP contribution in [-0.4, -0.2) is 51.3 Å². The van der Waals surface area contributed by atoms with Crippen molar-refractivity contribution < 1.29 is 19.7 Å². The molecule has 2 aromatic heterocycles. The lowest BCUT2D eigenvalue weighted by Crippen LogP contribution is -2.47. The number of pyridine rings is 2. The average Bonchev–Trinajstić information content (AvgIpc) is 3.07. The van der Waals surface area contributed by atoms with Gasteiger partial charge in [-0.3, -0.25) is 4.79 Å². The molecule has 0 radical (unpaired) electrons. The number of carbonyl (C=O) groups is 1. The van der Waals surface area contributed by atoms with Gasteiger partial charge in [0.2, 0.25) is 0 Å². The van der Waals surface area contributed by atoms with Crippen LogP contribution in [-0.2, 0) is 21.7 Å². The standard InChI is InChI=1S/C23H23N3O5/c1-4-23(30)15-9-17-20-13(7-12-8-14(27)5-6-16(12)24-20)10-26(17)21(28)19(15)18(11-25(2)3)31-22(23)29/h5-9,18,27,30H,4,10-11H2,1-3H3. The van der Waals surface area contributed by atoms with Crippen LogP contribution in [0.15, 0.2) is 35.1 Å². The number of hydrogen-bond acceptors (Lipinski definition) is 7. The Balaban J connectivity index is 1.77. The Kier molecular flexibility index (Phi) is 4.22. The lowest BCUT2D eigenvalue weighted by molar-refractivity contribution is -0.178. The van der Waals surface area contributed by atoms with Gasteiger partial charge < -0.3 is 24.4 Å². The zero-order valence-electron chi connectivity index (χ0n) is 17.5. The molecule has 1 aromatic carbocycles. The minimum Gasteiger partial charge on any atom is -0.508 e. The Morgan fingerprint density at radius 2 is 2.03 bits per heavy atom. The molecular weight excluding hydrogens is 398 g/mol. The van der Waals surface area contributed by atoms with E-state index in [1.165, 1.54) is 0 Å². The van der Waals surface area contributed by atoms with Gasteiger partial charge in [-0.1, -0.05) is 6.92 Å². The topological polar surface area (TPSA) is 105 Å². The van der Waals surface area contributed by atoms with Crippen molar-refractivity contribution in [3.63, 3.8) is 0 Å². The molecule has 2 unspecified atom stereocenters. The maximum absolute atomic E-state index is 13.6. The molecule has 2 N–H and O–H groups in total. The average molecular weight is 421 g/mol. The minimum absolute atomic E-state index is 0.0910. The molecule has 0 saturated carbocycles. The van der Waals surface area contributed by atoms with E-state index in [-0.39, 0.29) is 17.7 Å². The Labute approximate surface area is 178 Å². The summed E-state index contributed by atoms with van der Waals surface area (Å²) in [6, 6.07) is 8.54. The van der Waals surface area contributed by atoms with Crippen molar-refractivity contribution in [1.29, 1.82) is 0 Å². The predicted molar refractivity (Wildman–Crippen MR) is 114 cm³/mol. The van der Waals surface area contributed by atoms with Crippen LogP contribution in [0.3, 0.4) is 0 Å². The summed E-state index contributed by atoms with van der Waals surface area (Å²) in [6.45, 7) is 2.35. The maximum Gasteiger partial charge on any atom is 0.343 e. The largest absolute Gasteiger partial charge is 0.508 e. The highest BCUT2D eigenvalue weighted by molar-refractivity contribution is 5.87. The summed E-state index contributed by atoms with van der Waals surface area (Å²) in [5, 5.41) is 21.7. The van der Waals surface area contributed by atoms with Crippen molar-refractivity contribution in [2.24, 2.45) is 0 Å². The molecule has 8 nitrogen and oxygen atoms in total. The smallest absolute Gasteiger partial charge is 0.343 e. The quantitative estimate of drug-likeness (QED) is 0.487. The summed E-state index contributed by atoms with van der Waals surface area (Å²) in [4.78, 5) is 32.9. The molecule has 0 amide bonds. The highest BCUT2D eigenvalue weighted by Crippen LogP contribution is 2.42. The summed E-state index contributed by atoms with van der Waals surface area (Å²) in [5.41, 5.74) is 1.19. The van der Waals surface area contributed by atoms with E-state index in [4.69, 9.17) is 9.72 Å². The van der Waals surface area contributed by atoms with Gasteiger partial charge >= 0.3 is 5.97 Å². The van der Waals surface area contributed by atoms with Crippen LogP contribution in [0.1, 0.15) is 36.1 Å². The van der Waals surface area contributed by atoms with Crippen molar-refractivity contribution >= 4 is 16.9 Å². The zero-order valence-corrected chi connectivity index (χ0v) is 17.5. The number of hydrogen-bond donors (Lipinski definition) is 2. The van der Waals surface area contributed by atoms with Gasteiger partial charge in [-0.25, -0.2) is 9.78 Å². The number of cyclic esters (lactones) is 1. The summed E-state index contributed by atoms with van der Waals surface area (Å²) < 4.78 is 7.15.